The number of nitrogens with one attached hydrogen (secondary N) is 2. The van der Waals surface area contributed by atoms with Crippen LogP contribution in [0.2, 0.25) is 0 Å². The van der Waals surface area contributed by atoms with Crippen molar-refractivity contribution >= 4 is 35.6 Å². The number of guanidine groups is 1. The lowest BCUT2D eigenvalue weighted by Crippen LogP contribution is -2.41. The van der Waals surface area contributed by atoms with Gasteiger partial charge in [-0.05, 0) is 50.5 Å². The van der Waals surface area contributed by atoms with Crippen LogP contribution < -0.4 is 15.5 Å². The van der Waals surface area contributed by atoms with Crippen molar-refractivity contribution in [1.82, 2.24) is 10.6 Å². The fourth-order valence-electron chi connectivity index (χ4n) is 3.35. The summed E-state index contributed by atoms with van der Waals surface area (Å²) < 4.78 is 5.32. The fourth-order valence-corrected chi connectivity index (χ4v) is 3.35. The molecule has 154 valence electrons. The molecule has 0 amide bonds. The van der Waals surface area contributed by atoms with E-state index in [4.69, 9.17) is 4.42 Å². The normalized spacial score (nSPS) is 19.0. The first kappa shape index (κ1) is 22.5. The second-order valence-electron chi connectivity index (χ2n) is 7.26. The second kappa shape index (κ2) is 10.7. The van der Waals surface area contributed by atoms with E-state index >= 15 is 0 Å². The molecular formula is C21H31IN4O2. The number of furan rings is 1. The van der Waals surface area contributed by atoms with E-state index in [2.05, 4.69) is 50.9 Å². The lowest BCUT2D eigenvalue weighted by molar-refractivity contribution is 0.0437. The maximum absolute atomic E-state index is 10.6. The van der Waals surface area contributed by atoms with E-state index < -0.39 is 5.60 Å². The minimum atomic E-state index is -1.12. The molecule has 7 heteroatoms. The first-order valence-corrected chi connectivity index (χ1v) is 9.67. The van der Waals surface area contributed by atoms with Gasteiger partial charge in [-0.2, -0.15) is 0 Å². The summed E-state index contributed by atoms with van der Waals surface area (Å²) in [6, 6.07) is 14.1. The van der Waals surface area contributed by atoms with Crippen molar-refractivity contribution in [2.45, 2.75) is 25.9 Å². The van der Waals surface area contributed by atoms with E-state index in [9.17, 15) is 5.11 Å². The minimum absolute atomic E-state index is 0. The molecule has 1 fully saturated rings. The van der Waals surface area contributed by atoms with Crippen LogP contribution in [0.1, 0.15) is 26.0 Å². The number of anilines is 1. The Labute approximate surface area is 184 Å². The Kier molecular flexibility index (Phi) is 8.62. The van der Waals surface area contributed by atoms with Gasteiger partial charge in [0.1, 0.15) is 11.4 Å². The van der Waals surface area contributed by atoms with Crippen molar-refractivity contribution in [1.29, 1.82) is 0 Å². The van der Waals surface area contributed by atoms with Gasteiger partial charge in [0.25, 0.3) is 0 Å². The Morgan fingerprint density at radius 2 is 2.04 bits per heavy atom. The van der Waals surface area contributed by atoms with Crippen LogP contribution in [0.25, 0.3) is 0 Å². The van der Waals surface area contributed by atoms with Crippen LogP contribution in [0.15, 0.2) is 58.1 Å². The summed E-state index contributed by atoms with van der Waals surface area (Å²) in [4.78, 5) is 6.98. The van der Waals surface area contributed by atoms with E-state index in [0.717, 1.165) is 38.6 Å². The van der Waals surface area contributed by atoms with Crippen LogP contribution in [0.4, 0.5) is 5.69 Å². The number of rotatable bonds is 7. The molecule has 2 aromatic rings. The molecule has 1 aliphatic rings. The van der Waals surface area contributed by atoms with Crippen molar-refractivity contribution in [3.8, 4) is 0 Å². The van der Waals surface area contributed by atoms with Gasteiger partial charge in [0, 0.05) is 31.9 Å². The second-order valence-corrected chi connectivity index (χ2v) is 7.26. The van der Waals surface area contributed by atoms with Crippen molar-refractivity contribution in [2.24, 2.45) is 10.9 Å². The number of hydrogen-bond donors (Lipinski definition) is 3. The summed E-state index contributed by atoms with van der Waals surface area (Å²) >= 11 is 0. The van der Waals surface area contributed by atoms with E-state index in [1.807, 2.05) is 6.92 Å². The monoisotopic (exact) mass is 498 g/mol. The molecule has 1 aromatic heterocycles. The average Bonchev–Trinajstić information content (AvgIpc) is 3.37. The van der Waals surface area contributed by atoms with E-state index in [1.165, 1.54) is 5.69 Å². The Balaban J connectivity index is 0.00000280. The maximum Gasteiger partial charge on any atom is 0.191 e. The van der Waals surface area contributed by atoms with Crippen LogP contribution in [0, 0.1) is 5.92 Å². The van der Waals surface area contributed by atoms with Gasteiger partial charge >= 0.3 is 0 Å². The molecule has 1 saturated heterocycles. The summed E-state index contributed by atoms with van der Waals surface area (Å²) in [6.07, 6.45) is 2.72. The highest BCUT2D eigenvalue weighted by Crippen LogP contribution is 2.23. The van der Waals surface area contributed by atoms with Crippen molar-refractivity contribution in [3.63, 3.8) is 0 Å². The molecule has 0 spiro atoms. The predicted molar refractivity (Wildman–Crippen MR) is 124 cm³/mol. The molecule has 0 aliphatic carbocycles. The van der Waals surface area contributed by atoms with Gasteiger partial charge in [-0.1, -0.05) is 18.2 Å². The number of hydrogen-bond acceptors (Lipinski definition) is 4. The fraction of sp³-hybridized carbons (Fsp3) is 0.476. The Morgan fingerprint density at radius 3 is 2.71 bits per heavy atom. The van der Waals surface area contributed by atoms with Crippen LogP contribution in [-0.4, -0.2) is 43.8 Å². The van der Waals surface area contributed by atoms with Crippen molar-refractivity contribution < 1.29 is 9.52 Å². The Morgan fingerprint density at radius 1 is 1.25 bits per heavy atom. The highest BCUT2D eigenvalue weighted by Gasteiger charge is 2.26. The lowest BCUT2D eigenvalue weighted by atomic mass is 10.0. The molecule has 3 rings (SSSR count). The molecule has 0 bridgehead atoms. The zero-order chi connectivity index (χ0) is 19.1. The quantitative estimate of drug-likeness (QED) is 0.311. The van der Waals surface area contributed by atoms with Crippen LogP contribution >= 0.6 is 24.0 Å². The van der Waals surface area contributed by atoms with Gasteiger partial charge in [0.2, 0.25) is 0 Å². The van der Waals surface area contributed by atoms with Gasteiger partial charge in [0.05, 0.1) is 12.8 Å². The molecule has 1 aliphatic heterocycles. The number of benzene rings is 1. The molecular weight excluding hydrogens is 467 g/mol. The van der Waals surface area contributed by atoms with E-state index in [1.54, 1.807) is 25.3 Å². The zero-order valence-electron chi connectivity index (χ0n) is 16.6. The van der Waals surface area contributed by atoms with E-state index in [0.29, 0.717) is 11.7 Å². The highest BCUT2D eigenvalue weighted by molar-refractivity contribution is 14.0. The zero-order valence-corrected chi connectivity index (χ0v) is 18.9. The first-order chi connectivity index (χ1) is 13.1. The van der Waals surface area contributed by atoms with Gasteiger partial charge in [-0.15, -0.1) is 24.0 Å². The van der Waals surface area contributed by atoms with Gasteiger partial charge < -0.3 is 25.1 Å². The summed E-state index contributed by atoms with van der Waals surface area (Å²) in [6.45, 7) is 7.74. The Bertz CT molecular complexity index is 719. The standard InChI is InChI=1S/C21H30N4O2.HI/c1-3-22-20(24-16-21(2,26)19-10-7-13-27-19)23-14-17-11-12-25(15-17)18-8-5-4-6-9-18;/h4-10,13,17,26H,3,11-12,14-16H2,1-2H3,(H2,22,23,24);1H. The molecule has 28 heavy (non-hydrogen) atoms. The third-order valence-corrected chi connectivity index (χ3v) is 4.91. The number of halogens is 1. The summed E-state index contributed by atoms with van der Waals surface area (Å²) in [5, 5.41) is 17.2. The number of aliphatic imine (C=N–C) groups is 1. The van der Waals surface area contributed by atoms with Crippen molar-refractivity contribution in [3.05, 3.63) is 54.5 Å². The minimum Gasteiger partial charge on any atom is -0.466 e. The average molecular weight is 498 g/mol. The number of aliphatic hydroxyl groups is 1. The third-order valence-electron chi connectivity index (χ3n) is 4.91. The molecule has 1 aromatic carbocycles. The van der Waals surface area contributed by atoms with Gasteiger partial charge in [-0.3, -0.25) is 0 Å². The Hall–Kier alpha value is -1.74. The molecule has 2 atom stereocenters. The summed E-state index contributed by atoms with van der Waals surface area (Å²) in [5.74, 6) is 1.82. The lowest BCUT2D eigenvalue weighted by Gasteiger charge is -2.21. The molecule has 2 unspecified atom stereocenters. The van der Waals surface area contributed by atoms with Gasteiger partial charge in [0.15, 0.2) is 5.96 Å². The van der Waals surface area contributed by atoms with Crippen LogP contribution in [0.3, 0.4) is 0 Å². The SMILES string of the molecule is CCNC(=NCC(C)(O)c1ccco1)NCC1CCN(c2ccccc2)C1.I. The highest BCUT2D eigenvalue weighted by atomic mass is 127. The smallest absolute Gasteiger partial charge is 0.191 e. The summed E-state index contributed by atoms with van der Waals surface area (Å²) in [5.41, 5.74) is 0.165. The molecule has 3 N–H and O–H groups in total. The van der Waals surface area contributed by atoms with Crippen LogP contribution in [0.5, 0.6) is 0 Å². The number of para-hydroxylation sites is 1. The molecule has 6 nitrogen and oxygen atoms in total. The molecule has 0 radical (unpaired) electrons. The predicted octanol–water partition coefficient (Wildman–Crippen LogP) is 3.19. The van der Waals surface area contributed by atoms with Crippen molar-refractivity contribution in [2.75, 3.05) is 37.6 Å². The van der Waals surface area contributed by atoms with E-state index in [-0.39, 0.29) is 30.5 Å². The topological polar surface area (TPSA) is 73.0 Å². The summed E-state index contributed by atoms with van der Waals surface area (Å²) in [7, 11) is 0. The molecule has 0 saturated carbocycles. The maximum atomic E-state index is 10.6. The number of nitrogens with zero attached hydrogens (tertiary/aromatic N) is 2. The molecule has 2 heterocycles. The first-order valence-electron chi connectivity index (χ1n) is 9.67. The third kappa shape index (κ3) is 6.13. The van der Waals surface area contributed by atoms with Crippen LogP contribution in [-0.2, 0) is 5.60 Å². The largest absolute Gasteiger partial charge is 0.466 e. The van der Waals surface area contributed by atoms with Gasteiger partial charge in [-0.25, -0.2) is 4.99 Å².